The molecule has 0 saturated heterocycles. The molecule has 0 unspecified atom stereocenters. The molecule has 1 heterocycles. The molecule has 0 aliphatic carbocycles. The summed E-state index contributed by atoms with van der Waals surface area (Å²) >= 11 is 0. The fraction of sp³-hybridized carbons (Fsp3) is 0.211. The zero-order chi connectivity index (χ0) is 17.1. The van der Waals surface area contributed by atoms with E-state index in [2.05, 4.69) is 10.3 Å². The third-order valence-electron chi connectivity index (χ3n) is 4.02. The van der Waals surface area contributed by atoms with Gasteiger partial charge < -0.3 is 20.1 Å². The third kappa shape index (κ3) is 3.20. The fourth-order valence-corrected chi connectivity index (χ4v) is 2.85. The lowest BCUT2D eigenvalue weighted by Crippen LogP contribution is -2.22. The Morgan fingerprint density at radius 3 is 2.62 bits per heavy atom. The number of nitrogens with one attached hydrogen (secondary N) is 2. The topological polar surface area (TPSA) is 74.3 Å². The van der Waals surface area contributed by atoms with Crippen molar-refractivity contribution in [3.05, 3.63) is 48.0 Å². The number of methoxy groups -OCH3 is 1. The number of aromatic amines is 1. The summed E-state index contributed by atoms with van der Waals surface area (Å²) in [7, 11) is 1.64. The van der Waals surface area contributed by atoms with Crippen LogP contribution in [-0.2, 0) is 11.2 Å². The molecule has 2 aromatic carbocycles. The van der Waals surface area contributed by atoms with Gasteiger partial charge in [0.2, 0.25) is 5.91 Å². The summed E-state index contributed by atoms with van der Waals surface area (Å²) in [6, 6.07) is 13.0. The molecule has 5 heteroatoms. The highest BCUT2D eigenvalue weighted by atomic mass is 16.5. The molecule has 1 amide bonds. The largest absolute Gasteiger partial charge is 0.508 e. The van der Waals surface area contributed by atoms with Crippen molar-refractivity contribution in [2.45, 2.75) is 13.3 Å². The molecule has 124 valence electrons. The van der Waals surface area contributed by atoms with Crippen molar-refractivity contribution in [1.29, 1.82) is 0 Å². The monoisotopic (exact) mass is 324 g/mol. The lowest BCUT2D eigenvalue weighted by atomic mass is 10.0. The van der Waals surface area contributed by atoms with Crippen molar-refractivity contribution in [3.8, 4) is 22.8 Å². The molecule has 5 nitrogen and oxygen atoms in total. The second kappa shape index (κ2) is 6.66. The van der Waals surface area contributed by atoms with E-state index in [1.807, 2.05) is 30.3 Å². The predicted octanol–water partition coefficient (Wildman–Crippen LogP) is 3.23. The summed E-state index contributed by atoms with van der Waals surface area (Å²) in [5.74, 6) is 0.981. The van der Waals surface area contributed by atoms with E-state index in [0.717, 1.165) is 33.5 Å². The van der Waals surface area contributed by atoms with Crippen molar-refractivity contribution in [3.63, 3.8) is 0 Å². The van der Waals surface area contributed by atoms with Gasteiger partial charge in [0.25, 0.3) is 0 Å². The number of H-pyrrole nitrogens is 1. The number of fused-ring (bicyclic) bond motifs is 1. The summed E-state index contributed by atoms with van der Waals surface area (Å²) in [5, 5.41) is 13.4. The smallest absolute Gasteiger partial charge is 0.216 e. The molecule has 24 heavy (non-hydrogen) atoms. The van der Waals surface area contributed by atoms with E-state index in [0.29, 0.717) is 13.0 Å². The summed E-state index contributed by atoms with van der Waals surface area (Å²) in [6.07, 6.45) is 0.697. The lowest BCUT2D eigenvalue weighted by molar-refractivity contribution is -0.118. The van der Waals surface area contributed by atoms with E-state index in [4.69, 9.17) is 4.74 Å². The number of hydrogen-bond donors (Lipinski definition) is 3. The molecule has 1 aromatic heterocycles. The fourth-order valence-electron chi connectivity index (χ4n) is 2.85. The van der Waals surface area contributed by atoms with Crippen LogP contribution < -0.4 is 10.1 Å². The number of phenolic OH excluding ortho intramolecular Hbond substituents is 1. The van der Waals surface area contributed by atoms with E-state index >= 15 is 0 Å². The van der Waals surface area contributed by atoms with Crippen molar-refractivity contribution in [1.82, 2.24) is 10.3 Å². The van der Waals surface area contributed by atoms with Crippen LogP contribution in [0.1, 0.15) is 12.5 Å². The van der Waals surface area contributed by atoms with Crippen molar-refractivity contribution in [2.75, 3.05) is 13.7 Å². The Labute approximate surface area is 140 Å². The standard InChI is InChI=1S/C19H20N2O3/c1-12(22)20-10-9-16-17-11-15(24-2)7-8-18(17)21-19(16)13-3-5-14(23)6-4-13/h3-8,11,21,23H,9-10H2,1-2H3,(H,20,22). The van der Waals surface area contributed by atoms with Crippen LogP contribution in [0.3, 0.4) is 0 Å². The summed E-state index contributed by atoms with van der Waals surface area (Å²) < 4.78 is 5.33. The first-order valence-electron chi connectivity index (χ1n) is 7.81. The molecule has 0 fully saturated rings. The van der Waals surface area contributed by atoms with Gasteiger partial charge in [-0.3, -0.25) is 4.79 Å². The Hall–Kier alpha value is -2.95. The number of carbonyl (C=O) groups excluding carboxylic acids is 1. The molecule has 0 aliphatic rings. The lowest BCUT2D eigenvalue weighted by Gasteiger charge is -2.07. The maximum Gasteiger partial charge on any atom is 0.216 e. The zero-order valence-corrected chi connectivity index (χ0v) is 13.7. The summed E-state index contributed by atoms with van der Waals surface area (Å²) in [4.78, 5) is 14.6. The van der Waals surface area contributed by atoms with Crippen LogP contribution in [0.5, 0.6) is 11.5 Å². The summed E-state index contributed by atoms with van der Waals surface area (Å²) in [5.41, 5.74) is 4.10. The number of rotatable bonds is 5. The van der Waals surface area contributed by atoms with E-state index in [1.165, 1.54) is 6.92 Å². The number of amides is 1. The quantitative estimate of drug-likeness (QED) is 0.674. The van der Waals surface area contributed by atoms with Gasteiger partial charge >= 0.3 is 0 Å². The Balaban J connectivity index is 2.08. The molecule has 0 atom stereocenters. The van der Waals surface area contributed by atoms with Crippen LogP contribution >= 0.6 is 0 Å². The highest BCUT2D eigenvalue weighted by molar-refractivity contribution is 5.92. The molecule has 3 aromatic rings. The van der Waals surface area contributed by atoms with Crippen LogP contribution in [0.15, 0.2) is 42.5 Å². The molecular weight excluding hydrogens is 304 g/mol. The molecule has 0 bridgehead atoms. The van der Waals surface area contributed by atoms with E-state index in [9.17, 15) is 9.90 Å². The van der Waals surface area contributed by atoms with E-state index in [-0.39, 0.29) is 11.7 Å². The number of carbonyl (C=O) groups is 1. The molecule has 3 N–H and O–H groups in total. The Morgan fingerprint density at radius 2 is 1.96 bits per heavy atom. The maximum absolute atomic E-state index is 11.2. The number of benzene rings is 2. The van der Waals surface area contributed by atoms with Crippen LogP contribution in [0.25, 0.3) is 22.2 Å². The van der Waals surface area contributed by atoms with Gasteiger partial charge in [-0.2, -0.15) is 0 Å². The first-order chi connectivity index (χ1) is 11.6. The van der Waals surface area contributed by atoms with Crippen LogP contribution in [0.2, 0.25) is 0 Å². The average molecular weight is 324 g/mol. The predicted molar refractivity (Wildman–Crippen MR) is 94.3 cm³/mol. The molecule has 3 rings (SSSR count). The van der Waals surface area contributed by atoms with Crippen molar-refractivity contribution < 1.29 is 14.6 Å². The normalized spacial score (nSPS) is 10.8. The Morgan fingerprint density at radius 1 is 1.21 bits per heavy atom. The summed E-state index contributed by atoms with van der Waals surface area (Å²) in [6.45, 7) is 2.07. The number of hydrogen-bond acceptors (Lipinski definition) is 3. The third-order valence-corrected chi connectivity index (χ3v) is 4.02. The van der Waals surface area contributed by atoms with E-state index < -0.39 is 0 Å². The van der Waals surface area contributed by atoms with Gasteiger partial charge in [0.05, 0.1) is 7.11 Å². The van der Waals surface area contributed by atoms with Gasteiger partial charge in [-0.15, -0.1) is 0 Å². The van der Waals surface area contributed by atoms with E-state index in [1.54, 1.807) is 19.2 Å². The molecule has 0 aliphatic heterocycles. The van der Waals surface area contributed by atoms with Gasteiger partial charge in [-0.25, -0.2) is 0 Å². The number of aromatic hydroxyl groups is 1. The average Bonchev–Trinajstić information content (AvgIpc) is 2.93. The molecular formula is C19H20N2O3. The Kier molecular flexibility index (Phi) is 4.42. The van der Waals surface area contributed by atoms with Crippen molar-refractivity contribution >= 4 is 16.8 Å². The minimum atomic E-state index is -0.0430. The van der Waals surface area contributed by atoms with Gasteiger partial charge in [-0.1, -0.05) is 0 Å². The van der Waals surface area contributed by atoms with Crippen LogP contribution in [-0.4, -0.2) is 29.7 Å². The zero-order valence-electron chi connectivity index (χ0n) is 13.7. The van der Waals surface area contributed by atoms with Crippen LogP contribution in [0.4, 0.5) is 0 Å². The minimum absolute atomic E-state index is 0.0430. The molecule has 0 radical (unpaired) electrons. The Bertz CT molecular complexity index is 866. The number of aromatic nitrogens is 1. The first kappa shape index (κ1) is 15.9. The second-order valence-corrected chi connectivity index (χ2v) is 5.67. The van der Waals surface area contributed by atoms with Crippen LogP contribution in [0, 0.1) is 0 Å². The van der Waals surface area contributed by atoms with Gasteiger partial charge in [0, 0.05) is 30.1 Å². The number of phenols is 1. The van der Waals surface area contributed by atoms with Gasteiger partial charge in [0.15, 0.2) is 0 Å². The van der Waals surface area contributed by atoms with Gasteiger partial charge in [-0.05, 0) is 60.0 Å². The number of ether oxygens (including phenoxy) is 1. The SMILES string of the molecule is COc1ccc2[nH]c(-c3ccc(O)cc3)c(CCNC(C)=O)c2c1. The molecule has 0 saturated carbocycles. The highest BCUT2D eigenvalue weighted by Gasteiger charge is 2.14. The maximum atomic E-state index is 11.2. The minimum Gasteiger partial charge on any atom is -0.508 e. The highest BCUT2D eigenvalue weighted by Crippen LogP contribution is 2.33. The first-order valence-corrected chi connectivity index (χ1v) is 7.81. The second-order valence-electron chi connectivity index (χ2n) is 5.67. The van der Waals surface area contributed by atoms with Gasteiger partial charge in [0.1, 0.15) is 11.5 Å². The molecule has 0 spiro atoms. The van der Waals surface area contributed by atoms with Crippen molar-refractivity contribution in [2.24, 2.45) is 0 Å².